The Balaban J connectivity index is 1.84. The van der Waals surface area contributed by atoms with Gasteiger partial charge in [-0.1, -0.05) is 48.6 Å². The molecular formula is C19H18O4S2. The fourth-order valence-corrected chi connectivity index (χ4v) is 9.09. The molecule has 0 radical (unpaired) electrons. The second kappa shape index (κ2) is 5.81. The van der Waals surface area contributed by atoms with Crippen molar-refractivity contribution in [2.45, 2.75) is 26.7 Å². The Morgan fingerprint density at radius 3 is 1.32 bits per heavy atom. The number of rotatable bonds is 4. The third-order valence-electron chi connectivity index (χ3n) is 5.18. The summed E-state index contributed by atoms with van der Waals surface area (Å²) in [7, 11) is -7.48. The molecular weight excluding hydrogens is 356 g/mol. The zero-order chi connectivity index (χ0) is 17.7. The first-order valence-electron chi connectivity index (χ1n) is 8.18. The molecule has 0 heterocycles. The Morgan fingerprint density at radius 2 is 0.960 bits per heavy atom. The molecule has 25 heavy (non-hydrogen) atoms. The monoisotopic (exact) mass is 374 g/mol. The van der Waals surface area contributed by atoms with Crippen molar-refractivity contribution in [1.82, 2.24) is 0 Å². The van der Waals surface area contributed by atoms with Crippen LogP contribution in [0.15, 0.2) is 82.6 Å². The molecule has 1 saturated carbocycles. The summed E-state index contributed by atoms with van der Waals surface area (Å²) < 4.78 is 52.9. The second-order valence-corrected chi connectivity index (χ2v) is 10.8. The van der Waals surface area contributed by atoms with Crippen molar-refractivity contribution in [3.05, 3.63) is 72.8 Å². The summed E-state index contributed by atoms with van der Waals surface area (Å²) in [6, 6.07) is 16.3. The molecule has 2 aliphatic rings. The quantitative estimate of drug-likeness (QED) is 0.772. The first-order chi connectivity index (χ1) is 11.9. The van der Waals surface area contributed by atoms with Gasteiger partial charge in [0.05, 0.1) is 20.3 Å². The van der Waals surface area contributed by atoms with Crippen LogP contribution in [0.2, 0.25) is 0 Å². The number of hydrogen-bond donors (Lipinski definition) is 0. The molecule has 2 aliphatic carbocycles. The van der Waals surface area contributed by atoms with E-state index in [9.17, 15) is 16.8 Å². The van der Waals surface area contributed by atoms with Crippen LogP contribution in [0.5, 0.6) is 0 Å². The van der Waals surface area contributed by atoms with Crippen LogP contribution in [0.1, 0.15) is 6.42 Å². The van der Waals surface area contributed by atoms with Gasteiger partial charge in [0.25, 0.3) is 0 Å². The smallest absolute Gasteiger partial charge is 0.183 e. The normalized spacial score (nSPS) is 28.3. The Hall–Kier alpha value is -1.92. The average molecular weight is 374 g/mol. The summed E-state index contributed by atoms with van der Waals surface area (Å²) in [5.41, 5.74) is 0. The Kier molecular flexibility index (Phi) is 3.85. The van der Waals surface area contributed by atoms with Crippen LogP contribution in [0, 0.1) is 11.8 Å². The topological polar surface area (TPSA) is 68.3 Å². The van der Waals surface area contributed by atoms with Crippen LogP contribution in [0.25, 0.3) is 0 Å². The van der Waals surface area contributed by atoms with Crippen LogP contribution in [0.4, 0.5) is 0 Å². The highest BCUT2D eigenvalue weighted by molar-refractivity contribution is 7.96. The molecule has 0 N–H and O–H groups in total. The molecule has 0 spiro atoms. The van der Waals surface area contributed by atoms with Crippen molar-refractivity contribution in [2.24, 2.45) is 11.8 Å². The first-order valence-corrected chi connectivity index (χ1v) is 11.3. The third kappa shape index (κ3) is 2.55. The second-order valence-electron chi connectivity index (χ2n) is 6.59. The number of fused-ring (bicyclic) bond motifs is 2. The van der Waals surface area contributed by atoms with Crippen molar-refractivity contribution in [1.29, 1.82) is 0 Å². The minimum atomic E-state index is -3.74. The molecule has 2 aromatic rings. The van der Waals surface area contributed by atoms with E-state index >= 15 is 0 Å². The fourth-order valence-electron chi connectivity index (χ4n) is 4.08. The lowest BCUT2D eigenvalue weighted by molar-refractivity contribution is 0.540. The molecule has 130 valence electrons. The summed E-state index contributed by atoms with van der Waals surface area (Å²) in [6.45, 7) is 0. The van der Waals surface area contributed by atoms with Gasteiger partial charge < -0.3 is 0 Å². The van der Waals surface area contributed by atoms with E-state index in [-0.39, 0.29) is 21.6 Å². The van der Waals surface area contributed by atoms with Gasteiger partial charge in [-0.3, -0.25) is 0 Å². The molecule has 0 saturated heterocycles. The zero-order valence-electron chi connectivity index (χ0n) is 13.4. The fraction of sp³-hybridized carbons (Fsp3) is 0.263. The SMILES string of the molecule is O=S(=O)(c1ccccc1)[C@H]1[C@H](S(=O)(=O)c2ccccc2)[C@H]2C=C[C@@H]1C2. The van der Waals surface area contributed by atoms with E-state index in [1.807, 2.05) is 12.2 Å². The van der Waals surface area contributed by atoms with Gasteiger partial charge in [0.1, 0.15) is 0 Å². The molecule has 0 aromatic heterocycles. The standard InChI is InChI=1S/C19H18O4S2/c20-24(21,16-7-3-1-4-8-16)18-14-11-12-15(13-14)19(18)25(22,23)17-9-5-2-6-10-17/h1-12,14-15,18-19H,13H2/t14-,15+,18-,19-/m1/s1. The van der Waals surface area contributed by atoms with Gasteiger partial charge in [-0.05, 0) is 42.5 Å². The number of benzene rings is 2. The van der Waals surface area contributed by atoms with Crippen molar-refractivity contribution in [3.63, 3.8) is 0 Å². The molecule has 0 aliphatic heterocycles. The Labute approximate surface area is 148 Å². The maximum absolute atomic E-state index is 13.2. The third-order valence-corrected chi connectivity index (χ3v) is 9.93. The Morgan fingerprint density at radius 1 is 0.600 bits per heavy atom. The lowest BCUT2D eigenvalue weighted by atomic mass is 10.1. The molecule has 1 fully saturated rings. The molecule has 4 nitrogen and oxygen atoms in total. The molecule has 6 heteroatoms. The van der Waals surface area contributed by atoms with Crippen LogP contribution in [0.3, 0.4) is 0 Å². The molecule has 2 aromatic carbocycles. The summed E-state index contributed by atoms with van der Waals surface area (Å²) in [5, 5.41) is -1.87. The van der Waals surface area contributed by atoms with Crippen molar-refractivity contribution in [2.75, 3.05) is 0 Å². The van der Waals surface area contributed by atoms with Crippen LogP contribution in [-0.4, -0.2) is 27.3 Å². The first kappa shape index (κ1) is 16.5. The van der Waals surface area contributed by atoms with Gasteiger partial charge in [0, 0.05) is 0 Å². The summed E-state index contributed by atoms with van der Waals surface area (Å²) in [6.07, 6.45) is 4.31. The van der Waals surface area contributed by atoms with Gasteiger partial charge in [0.2, 0.25) is 0 Å². The molecule has 0 unspecified atom stereocenters. The lowest BCUT2D eigenvalue weighted by Gasteiger charge is -2.27. The van der Waals surface area contributed by atoms with Gasteiger partial charge in [0.15, 0.2) is 19.7 Å². The molecule has 0 amide bonds. The number of allylic oxidation sites excluding steroid dienone is 2. The predicted molar refractivity (Wildman–Crippen MR) is 95.6 cm³/mol. The number of sulfone groups is 2. The van der Waals surface area contributed by atoms with E-state index in [1.165, 1.54) is 24.3 Å². The van der Waals surface area contributed by atoms with E-state index in [0.29, 0.717) is 6.42 Å². The van der Waals surface area contributed by atoms with E-state index in [2.05, 4.69) is 0 Å². The van der Waals surface area contributed by atoms with Gasteiger partial charge in [-0.2, -0.15) is 0 Å². The van der Waals surface area contributed by atoms with Crippen LogP contribution < -0.4 is 0 Å². The number of hydrogen-bond acceptors (Lipinski definition) is 4. The lowest BCUT2D eigenvalue weighted by Crippen LogP contribution is -2.42. The molecule has 2 bridgehead atoms. The minimum Gasteiger partial charge on any atom is -0.223 e. The molecule has 4 atom stereocenters. The summed E-state index contributed by atoms with van der Waals surface area (Å²) in [4.78, 5) is 0.378. The maximum Gasteiger partial charge on any atom is 0.183 e. The molecule has 4 rings (SSSR count). The minimum absolute atomic E-state index is 0.189. The van der Waals surface area contributed by atoms with E-state index in [1.54, 1.807) is 36.4 Å². The van der Waals surface area contributed by atoms with Crippen LogP contribution >= 0.6 is 0 Å². The highest BCUT2D eigenvalue weighted by atomic mass is 32.2. The zero-order valence-corrected chi connectivity index (χ0v) is 15.0. The predicted octanol–water partition coefficient (Wildman–Crippen LogP) is 2.88. The van der Waals surface area contributed by atoms with E-state index < -0.39 is 30.2 Å². The highest BCUT2D eigenvalue weighted by Crippen LogP contribution is 2.48. The van der Waals surface area contributed by atoms with Crippen molar-refractivity contribution < 1.29 is 16.8 Å². The van der Waals surface area contributed by atoms with Crippen LogP contribution in [-0.2, 0) is 19.7 Å². The summed E-state index contributed by atoms with van der Waals surface area (Å²) in [5.74, 6) is -0.502. The van der Waals surface area contributed by atoms with E-state index in [0.717, 1.165) is 0 Å². The van der Waals surface area contributed by atoms with Crippen molar-refractivity contribution in [3.8, 4) is 0 Å². The summed E-state index contributed by atoms with van der Waals surface area (Å²) >= 11 is 0. The van der Waals surface area contributed by atoms with Crippen molar-refractivity contribution >= 4 is 19.7 Å². The van der Waals surface area contributed by atoms with E-state index in [4.69, 9.17) is 0 Å². The largest absolute Gasteiger partial charge is 0.223 e. The van der Waals surface area contributed by atoms with Gasteiger partial charge >= 0.3 is 0 Å². The van der Waals surface area contributed by atoms with Gasteiger partial charge in [-0.25, -0.2) is 16.8 Å². The maximum atomic E-state index is 13.2. The highest BCUT2D eigenvalue weighted by Gasteiger charge is 2.56. The average Bonchev–Trinajstić information content (AvgIpc) is 3.25. The van der Waals surface area contributed by atoms with Gasteiger partial charge in [-0.15, -0.1) is 0 Å². The Bertz CT molecular complexity index is 926.